The van der Waals surface area contributed by atoms with Crippen LogP contribution >= 0.6 is 0 Å². The van der Waals surface area contributed by atoms with Crippen molar-refractivity contribution in [3.05, 3.63) is 88.7 Å². The Bertz CT molecular complexity index is 1570. The van der Waals surface area contributed by atoms with Crippen LogP contribution < -0.4 is 5.32 Å². The van der Waals surface area contributed by atoms with Crippen molar-refractivity contribution in [1.29, 1.82) is 0 Å². The molecule has 0 atom stereocenters. The van der Waals surface area contributed by atoms with Gasteiger partial charge in [-0.25, -0.2) is 13.2 Å². The third-order valence-corrected chi connectivity index (χ3v) is 6.45. The van der Waals surface area contributed by atoms with Crippen LogP contribution in [-0.2, 0) is 31.0 Å². The number of aromatic nitrogens is 2. The van der Waals surface area contributed by atoms with E-state index in [0.717, 1.165) is 37.7 Å². The number of hydrogen-bond acceptors (Lipinski definition) is 3. The van der Waals surface area contributed by atoms with Crippen LogP contribution in [0.4, 0.5) is 26.3 Å². The van der Waals surface area contributed by atoms with E-state index >= 15 is 0 Å². The first-order valence-corrected chi connectivity index (χ1v) is 12.2. The summed E-state index contributed by atoms with van der Waals surface area (Å²) in [4.78, 5) is 28.6. The van der Waals surface area contributed by atoms with E-state index in [4.69, 9.17) is 0 Å². The van der Waals surface area contributed by atoms with Gasteiger partial charge >= 0.3 is 6.18 Å². The number of carbonyl (C=O) groups is 2. The van der Waals surface area contributed by atoms with Crippen molar-refractivity contribution in [2.45, 2.75) is 45.1 Å². The number of pyridine rings is 1. The Balaban J connectivity index is 1.59. The molecule has 5 nitrogen and oxygen atoms in total. The molecule has 11 heteroatoms. The van der Waals surface area contributed by atoms with Gasteiger partial charge in [-0.05, 0) is 66.9 Å². The lowest BCUT2D eigenvalue weighted by molar-refractivity contribution is -0.137. The van der Waals surface area contributed by atoms with Gasteiger partial charge in [0.2, 0.25) is 0 Å². The van der Waals surface area contributed by atoms with Crippen LogP contribution in [0.5, 0.6) is 0 Å². The van der Waals surface area contributed by atoms with Crippen molar-refractivity contribution in [3.8, 4) is 11.3 Å². The Hall–Kier alpha value is -4.15. The molecule has 2 aromatic carbocycles. The summed E-state index contributed by atoms with van der Waals surface area (Å²) in [6, 6.07) is 12.9. The predicted molar refractivity (Wildman–Crippen MR) is 138 cm³/mol. The van der Waals surface area contributed by atoms with Gasteiger partial charge < -0.3 is 9.88 Å². The van der Waals surface area contributed by atoms with Crippen LogP contribution in [0.25, 0.3) is 22.2 Å². The summed E-state index contributed by atoms with van der Waals surface area (Å²) in [7, 11) is 1.76. The standard InChI is InChI=1S/C29H25F6N3O2/c1-28(2,32)27(40)37-15-17-11-21(25(26(30)31)36-14-17)24(39)12-16-4-9-22-19(10-16)13-23(38(22)3)18-5-7-20(8-6-18)29(33,34)35/h4-11,13-14,26H,12,15H2,1-3H3,(H,37,40). The van der Waals surface area contributed by atoms with Gasteiger partial charge in [-0.2, -0.15) is 13.2 Å². The van der Waals surface area contributed by atoms with Crippen LogP contribution in [-0.4, -0.2) is 26.9 Å². The second-order valence-electron chi connectivity index (χ2n) is 9.89. The SMILES string of the molecule is Cn1c(-c2ccc(C(F)(F)F)cc2)cc2cc(CC(=O)c3cc(CNC(=O)C(C)(C)F)cnc3C(F)F)ccc21. The highest BCUT2D eigenvalue weighted by Crippen LogP contribution is 2.33. The zero-order valence-electron chi connectivity index (χ0n) is 21.7. The smallest absolute Gasteiger partial charge is 0.349 e. The minimum Gasteiger partial charge on any atom is -0.349 e. The van der Waals surface area contributed by atoms with Crippen molar-refractivity contribution in [2.75, 3.05) is 0 Å². The van der Waals surface area contributed by atoms with Crippen LogP contribution in [0, 0.1) is 0 Å². The number of fused-ring (bicyclic) bond motifs is 1. The number of nitrogens with zero attached hydrogens (tertiary/aromatic N) is 2. The van der Waals surface area contributed by atoms with E-state index in [1.807, 2.05) is 0 Å². The molecule has 0 aliphatic carbocycles. The number of aryl methyl sites for hydroxylation is 1. The summed E-state index contributed by atoms with van der Waals surface area (Å²) in [5.41, 5.74) is -1.14. The number of nitrogens with one attached hydrogen (secondary N) is 1. The Morgan fingerprint density at radius 2 is 1.62 bits per heavy atom. The van der Waals surface area contributed by atoms with Crippen molar-refractivity contribution in [3.63, 3.8) is 0 Å². The average Bonchev–Trinajstić information content (AvgIpc) is 3.21. The largest absolute Gasteiger partial charge is 0.416 e. The van der Waals surface area contributed by atoms with E-state index in [-0.39, 0.29) is 24.1 Å². The molecule has 40 heavy (non-hydrogen) atoms. The number of amides is 1. The molecule has 210 valence electrons. The zero-order valence-corrected chi connectivity index (χ0v) is 21.7. The van der Waals surface area contributed by atoms with Gasteiger partial charge in [0.05, 0.1) is 5.56 Å². The molecule has 2 heterocycles. The molecule has 1 amide bonds. The van der Waals surface area contributed by atoms with Crippen LogP contribution in [0.1, 0.15) is 53.0 Å². The maximum absolute atomic E-state index is 13.8. The number of hydrogen-bond donors (Lipinski definition) is 1. The third kappa shape index (κ3) is 6.19. The molecule has 0 unspecified atom stereocenters. The minimum absolute atomic E-state index is 0.203. The average molecular weight is 562 g/mol. The predicted octanol–water partition coefficient (Wildman–Crippen LogP) is 6.99. The highest BCUT2D eigenvalue weighted by atomic mass is 19.4. The van der Waals surface area contributed by atoms with E-state index in [1.165, 1.54) is 18.2 Å². The van der Waals surface area contributed by atoms with E-state index in [0.29, 0.717) is 22.2 Å². The maximum Gasteiger partial charge on any atom is 0.416 e. The zero-order chi connectivity index (χ0) is 29.4. The molecule has 4 rings (SSSR count). The fourth-order valence-corrected chi connectivity index (χ4v) is 4.30. The van der Waals surface area contributed by atoms with Gasteiger partial charge in [0, 0.05) is 48.4 Å². The van der Waals surface area contributed by atoms with Crippen LogP contribution in [0.2, 0.25) is 0 Å². The first kappa shape index (κ1) is 28.8. The van der Waals surface area contributed by atoms with Gasteiger partial charge in [-0.15, -0.1) is 0 Å². The topological polar surface area (TPSA) is 64.0 Å². The molecule has 0 aliphatic heterocycles. The number of halogens is 6. The normalized spacial score (nSPS) is 12.2. The van der Waals surface area contributed by atoms with E-state index in [1.54, 1.807) is 35.9 Å². The van der Waals surface area contributed by atoms with Crippen LogP contribution in [0.15, 0.2) is 60.8 Å². The van der Waals surface area contributed by atoms with Gasteiger partial charge in [0.25, 0.3) is 12.3 Å². The van der Waals surface area contributed by atoms with E-state index in [2.05, 4.69) is 10.3 Å². The molecule has 0 radical (unpaired) electrons. The van der Waals surface area contributed by atoms with E-state index < -0.39 is 41.2 Å². The summed E-state index contributed by atoms with van der Waals surface area (Å²) < 4.78 is 81.7. The Labute approximate surface area is 225 Å². The van der Waals surface area contributed by atoms with Crippen molar-refractivity contribution < 1.29 is 35.9 Å². The number of rotatable bonds is 8. The van der Waals surface area contributed by atoms with Crippen molar-refractivity contribution in [2.24, 2.45) is 7.05 Å². The monoisotopic (exact) mass is 561 g/mol. The van der Waals surface area contributed by atoms with Gasteiger partial charge in [0.15, 0.2) is 11.5 Å². The van der Waals surface area contributed by atoms with Gasteiger partial charge in [-0.1, -0.05) is 18.2 Å². The molecule has 0 saturated heterocycles. The summed E-state index contributed by atoms with van der Waals surface area (Å²) >= 11 is 0. The highest BCUT2D eigenvalue weighted by molar-refractivity contribution is 5.99. The minimum atomic E-state index is -4.45. The molecule has 0 saturated carbocycles. The number of carbonyl (C=O) groups excluding carboxylic acids is 2. The number of alkyl halides is 6. The summed E-state index contributed by atoms with van der Waals surface area (Å²) in [5, 5.41) is 3.05. The fraction of sp³-hybridized carbons (Fsp3) is 0.276. The quantitative estimate of drug-likeness (QED) is 0.186. The van der Waals surface area contributed by atoms with Crippen molar-refractivity contribution >= 4 is 22.6 Å². The molecule has 1 N–H and O–H groups in total. The first-order chi connectivity index (χ1) is 18.6. The summed E-state index contributed by atoms with van der Waals surface area (Å²) in [5.74, 6) is -1.52. The Morgan fingerprint density at radius 3 is 2.23 bits per heavy atom. The number of Topliss-reactive ketones (excluding diaryl/α,β-unsaturated/α-hetero) is 1. The molecule has 0 bridgehead atoms. The summed E-state index contributed by atoms with van der Waals surface area (Å²) in [6.45, 7) is 1.95. The fourth-order valence-electron chi connectivity index (χ4n) is 4.30. The lowest BCUT2D eigenvalue weighted by atomic mass is 9.99. The highest BCUT2D eigenvalue weighted by Gasteiger charge is 2.30. The first-order valence-electron chi connectivity index (χ1n) is 12.2. The molecular formula is C29H25F6N3O2. The molecule has 2 aromatic heterocycles. The maximum atomic E-state index is 13.8. The lowest BCUT2D eigenvalue weighted by Crippen LogP contribution is -2.38. The third-order valence-electron chi connectivity index (χ3n) is 6.45. The second kappa shape index (κ2) is 10.8. The van der Waals surface area contributed by atoms with Gasteiger partial charge in [0.1, 0.15) is 5.69 Å². The molecular weight excluding hydrogens is 536 g/mol. The molecule has 4 aromatic rings. The van der Waals surface area contributed by atoms with Crippen molar-refractivity contribution in [1.82, 2.24) is 14.9 Å². The number of benzene rings is 2. The molecule has 0 fully saturated rings. The second-order valence-corrected chi connectivity index (χ2v) is 9.89. The number of ketones is 1. The summed E-state index contributed by atoms with van der Waals surface area (Å²) in [6.07, 6.45) is -6.59. The van der Waals surface area contributed by atoms with E-state index in [9.17, 15) is 35.9 Å². The van der Waals surface area contributed by atoms with Gasteiger partial charge in [-0.3, -0.25) is 14.6 Å². The van der Waals surface area contributed by atoms with Crippen LogP contribution in [0.3, 0.4) is 0 Å². The Morgan fingerprint density at radius 1 is 0.950 bits per heavy atom. The Kier molecular flexibility index (Phi) is 7.78. The lowest BCUT2D eigenvalue weighted by Gasteiger charge is -2.15. The molecule has 0 aliphatic rings. The molecule has 0 spiro atoms.